The van der Waals surface area contributed by atoms with Crippen molar-refractivity contribution in [2.24, 2.45) is 0 Å². The van der Waals surface area contributed by atoms with E-state index in [9.17, 15) is 18.6 Å². The number of aliphatic hydroxyl groups is 2. The number of alkyl halides is 7. The van der Waals surface area contributed by atoms with Gasteiger partial charge in [0.1, 0.15) is 0 Å². The summed E-state index contributed by atoms with van der Waals surface area (Å²) >= 11 is 39.5. The minimum absolute atomic E-state index is 0. The third-order valence-electron chi connectivity index (χ3n) is 3.69. The molecule has 0 amide bonds. The molecule has 10 N–H and O–H groups in total. The number of aliphatic hydroxyl groups excluding tert-OH is 2. The molecule has 14 nitrogen and oxygen atoms in total. The predicted molar refractivity (Wildman–Crippen MR) is 226 cm³/mol. The molecular formula is C18H47BrCl6I3N6O8P3. The van der Waals surface area contributed by atoms with Gasteiger partial charge in [0.25, 0.3) is 0 Å². The van der Waals surface area contributed by atoms with Crippen molar-refractivity contribution in [2.75, 3.05) is 99.6 Å². The summed E-state index contributed by atoms with van der Waals surface area (Å²) in [5.41, 5.74) is 0. The monoisotopic (exact) mass is 1240 g/mol. The minimum atomic E-state index is -3.56. The first-order chi connectivity index (χ1) is 20.7. The molecule has 0 radical (unpaired) electrons. The lowest BCUT2D eigenvalue weighted by molar-refractivity contribution is 0.262. The Balaban J connectivity index is -0.000000115. The zero-order valence-electron chi connectivity index (χ0n) is 24.3. The zero-order chi connectivity index (χ0) is 35.3. The van der Waals surface area contributed by atoms with Crippen LogP contribution in [-0.4, -0.2) is 129 Å². The molecule has 0 saturated carbocycles. The molecule has 45 heavy (non-hydrogen) atoms. The summed E-state index contributed by atoms with van der Waals surface area (Å²) in [6.45, 7) is 2.34. The molecule has 0 rings (SSSR count). The van der Waals surface area contributed by atoms with Gasteiger partial charge in [-0.25, -0.2) is 30.1 Å². The van der Waals surface area contributed by atoms with Crippen LogP contribution in [0.2, 0.25) is 0 Å². The summed E-state index contributed by atoms with van der Waals surface area (Å²) in [7, 11) is -10.4. The first kappa shape index (κ1) is 61.7. The Labute approximate surface area is 346 Å². The Bertz CT molecular complexity index is 682. The van der Waals surface area contributed by atoms with Crippen molar-refractivity contribution >= 4 is 170 Å². The van der Waals surface area contributed by atoms with Crippen molar-refractivity contribution < 1.29 is 38.6 Å². The maximum Gasteiger partial charge on any atom is 0.340 e. The van der Waals surface area contributed by atoms with Gasteiger partial charge in [-0.1, -0.05) is 15.9 Å². The second kappa shape index (κ2) is 46.7. The minimum Gasteiger partial charge on any atom is -0.396 e. The van der Waals surface area contributed by atoms with Gasteiger partial charge in [0.15, 0.2) is 0 Å². The van der Waals surface area contributed by atoms with Crippen molar-refractivity contribution in [3.8, 4) is 0 Å². The van der Waals surface area contributed by atoms with Crippen LogP contribution in [0.3, 0.4) is 0 Å². The molecule has 27 heteroatoms. The number of hydrogen-bond donors (Lipinski definition) is 10. The van der Waals surface area contributed by atoms with Crippen LogP contribution >= 0.6 is 170 Å². The molecule has 1 atom stereocenters. The summed E-state index contributed by atoms with van der Waals surface area (Å²) in [5.74, 6) is 1.72. The van der Waals surface area contributed by atoms with Crippen molar-refractivity contribution in [1.82, 2.24) is 30.1 Å². The standard InChI is InChI=1S/C7H17Cl2N2O3P.2C4H11Cl2N2O2P.C3H7BrO.I2.HI/c8-2-4-10-15(13,14)11(6-3-9)5-1-7-12;2*5-1-3-7-11(9,10)8-4-2-6;4-2-1-3-5;1-2;/h12H,1-7H2,(H2,10,13,14);2*1-4H2,(H3,7,8,9,10);5H,1-3H2;;1H. The third-order valence-corrected chi connectivity index (χ3v) is 9.77. The average Bonchev–Trinajstić information content (AvgIpc) is 3.00. The summed E-state index contributed by atoms with van der Waals surface area (Å²) in [4.78, 5) is 27.6. The van der Waals surface area contributed by atoms with Crippen LogP contribution in [0.4, 0.5) is 0 Å². The van der Waals surface area contributed by atoms with E-state index in [4.69, 9.17) is 89.6 Å². The maximum atomic E-state index is 11.7. The van der Waals surface area contributed by atoms with Crippen LogP contribution in [-0.2, 0) is 13.7 Å². The van der Waals surface area contributed by atoms with Crippen LogP contribution in [0.1, 0.15) is 12.8 Å². The van der Waals surface area contributed by atoms with Crippen LogP contribution in [0, 0.1) is 0 Å². The highest BCUT2D eigenvalue weighted by Gasteiger charge is 2.26. The van der Waals surface area contributed by atoms with Crippen LogP contribution in [0.5, 0.6) is 0 Å². The molecule has 1 unspecified atom stereocenters. The highest BCUT2D eigenvalue weighted by molar-refractivity contribution is 15.0. The summed E-state index contributed by atoms with van der Waals surface area (Å²) < 4.78 is 35.0. The lowest BCUT2D eigenvalue weighted by atomic mass is 10.4. The van der Waals surface area contributed by atoms with Crippen LogP contribution in [0.15, 0.2) is 0 Å². The van der Waals surface area contributed by atoms with Crippen LogP contribution < -0.4 is 25.4 Å². The number of halogens is 10. The van der Waals surface area contributed by atoms with E-state index in [0.717, 1.165) is 11.8 Å². The Morgan fingerprint density at radius 3 is 1.11 bits per heavy atom. The summed E-state index contributed by atoms with van der Waals surface area (Å²) in [5, 5.41) is 29.5. The molecule has 0 aliphatic rings. The fourth-order valence-corrected chi connectivity index (χ4v) is 6.94. The van der Waals surface area contributed by atoms with Gasteiger partial charge >= 0.3 is 23.0 Å². The van der Waals surface area contributed by atoms with Gasteiger partial charge in [-0.05, 0) is 12.8 Å². The quantitative estimate of drug-likeness (QED) is 0.0349. The Hall–Kier alpha value is 4.66. The number of hydrogen-bond acceptors (Lipinski definition) is 5. The summed E-state index contributed by atoms with van der Waals surface area (Å²) in [6, 6.07) is 0. The fraction of sp³-hybridized carbons (Fsp3) is 1.00. The van der Waals surface area contributed by atoms with Gasteiger partial charge in [0.05, 0.1) is 0 Å². The first-order valence-electron chi connectivity index (χ1n) is 12.5. The topological polar surface area (TPSA) is 216 Å². The van der Waals surface area contributed by atoms with E-state index < -0.39 is 23.0 Å². The smallest absolute Gasteiger partial charge is 0.340 e. The molecule has 0 aliphatic carbocycles. The first-order valence-corrected chi connectivity index (χ1v) is 28.1. The molecule has 0 aromatic heterocycles. The molecule has 0 aromatic carbocycles. The number of nitrogens with zero attached hydrogens (tertiary/aromatic N) is 1. The Morgan fingerprint density at radius 2 is 0.889 bits per heavy atom. The molecule has 0 bridgehead atoms. The molecule has 0 saturated heterocycles. The van der Waals surface area contributed by atoms with Crippen molar-refractivity contribution in [3.05, 3.63) is 0 Å². The Morgan fingerprint density at radius 1 is 0.578 bits per heavy atom. The predicted octanol–water partition coefficient (Wildman–Crippen LogP) is 5.48. The fourth-order valence-electron chi connectivity index (χ4n) is 1.97. The van der Waals surface area contributed by atoms with Crippen molar-refractivity contribution in [1.29, 1.82) is 0 Å². The Kier molecular flexibility index (Phi) is 64.0. The van der Waals surface area contributed by atoms with E-state index in [0.29, 0.717) is 75.8 Å². The molecule has 0 aliphatic heterocycles. The molecule has 0 aromatic rings. The van der Waals surface area contributed by atoms with E-state index in [1.807, 2.05) is 0 Å². The van der Waals surface area contributed by atoms with E-state index in [-0.39, 0.29) is 48.9 Å². The highest BCUT2D eigenvalue weighted by Crippen LogP contribution is 2.40. The van der Waals surface area contributed by atoms with Gasteiger partial charge in [-0.3, -0.25) is 13.7 Å². The zero-order valence-corrected chi connectivity index (χ0v) is 39.7. The SMILES string of the molecule is I.II.O=P(O)(NCCCl)N(CCCl)CCCO.O=P(O)(NCCCl)NCCCl.O=P(O)(NCCCl)NCCCl.OCCCBr. The largest absolute Gasteiger partial charge is 0.396 e. The van der Waals surface area contributed by atoms with Crippen molar-refractivity contribution in [3.63, 3.8) is 0 Å². The lowest BCUT2D eigenvalue weighted by Crippen LogP contribution is -2.31. The molecular weight excluding hydrogens is 1190 g/mol. The molecule has 282 valence electrons. The van der Waals surface area contributed by atoms with Gasteiger partial charge in [-0.2, -0.15) is 0 Å². The normalized spacial score (nSPS) is 12.1. The second-order valence-electron chi connectivity index (χ2n) is 7.17. The third kappa shape index (κ3) is 53.1. The van der Waals surface area contributed by atoms with Crippen LogP contribution in [0.25, 0.3) is 0 Å². The molecule has 0 spiro atoms. The van der Waals surface area contributed by atoms with E-state index in [1.54, 1.807) is 0 Å². The maximum absolute atomic E-state index is 11.7. The highest BCUT2D eigenvalue weighted by atomic mass is 128. The second-order valence-corrected chi connectivity index (χ2v) is 15.8. The van der Waals surface area contributed by atoms with Crippen molar-refractivity contribution in [2.45, 2.75) is 12.8 Å². The average molecular weight is 1240 g/mol. The van der Waals surface area contributed by atoms with E-state index in [2.05, 4.69) is 78.6 Å². The molecule has 0 fully saturated rings. The van der Waals surface area contributed by atoms with Gasteiger partial charge in [0, 0.05) is 137 Å². The lowest BCUT2D eigenvalue weighted by Gasteiger charge is -2.26. The van der Waals surface area contributed by atoms with E-state index in [1.165, 1.54) is 4.67 Å². The summed E-state index contributed by atoms with van der Waals surface area (Å²) in [6.07, 6.45) is 1.30. The van der Waals surface area contributed by atoms with Gasteiger partial charge in [0.2, 0.25) is 0 Å². The van der Waals surface area contributed by atoms with E-state index >= 15 is 0 Å². The van der Waals surface area contributed by atoms with Gasteiger partial charge in [-0.15, -0.1) is 93.6 Å². The number of rotatable bonds is 23. The molecule has 0 heterocycles. The number of nitrogens with one attached hydrogen (secondary N) is 5. The van der Waals surface area contributed by atoms with Gasteiger partial charge < -0.3 is 24.9 Å².